The van der Waals surface area contributed by atoms with Gasteiger partial charge in [-0.05, 0) is 20.8 Å². The van der Waals surface area contributed by atoms with Crippen molar-refractivity contribution in [1.82, 2.24) is 5.32 Å². The number of hydrogen-bond donors (Lipinski definition) is 3. The van der Waals surface area contributed by atoms with Crippen molar-refractivity contribution >= 4 is 17.8 Å². The number of primary amides is 1. The van der Waals surface area contributed by atoms with Crippen molar-refractivity contribution in [2.75, 3.05) is 6.54 Å². The summed E-state index contributed by atoms with van der Waals surface area (Å²) in [5, 5.41) is 11.2. The Morgan fingerprint density at radius 1 is 1.33 bits per heavy atom. The fraction of sp³-hybridized carbons (Fsp3) is 0.727. The Balaban J connectivity index is 4.03. The zero-order valence-corrected chi connectivity index (χ0v) is 10.9. The van der Waals surface area contributed by atoms with Crippen LogP contribution in [0.3, 0.4) is 0 Å². The fourth-order valence-corrected chi connectivity index (χ4v) is 1.19. The summed E-state index contributed by atoms with van der Waals surface area (Å²) in [7, 11) is 0. The van der Waals surface area contributed by atoms with E-state index in [2.05, 4.69) is 5.32 Å². The number of aliphatic carboxylic acids is 1. The summed E-state index contributed by atoms with van der Waals surface area (Å²) in [4.78, 5) is 32.7. The van der Waals surface area contributed by atoms with Crippen molar-refractivity contribution in [2.45, 2.75) is 45.3 Å². The summed E-state index contributed by atoms with van der Waals surface area (Å²) in [6, 6.07) is -0.982. The van der Waals surface area contributed by atoms with Crippen LogP contribution >= 0.6 is 0 Å². The van der Waals surface area contributed by atoms with E-state index in [0.717, 1.165) is 0 Å². The van der Waals surface area contributed by atoms with E-state index < -0.39 is 35.9 Å². The third kappa shape index (κ3) is 8.51. The lowest BCUT2D eigenvalue weighted by Crippen LogP contribution is -2.43. The zero-order valence-electron chi connectivity index (χ0n) is 10.9. The van der Waals surface area contributed by atoms with Crippen molar-refractivity contribution in [1.29, 1.82) is 0 Å². The smallest absolute Gasteiger partial charge is 0.307 e. The van der Waals surface area contributed by atoms with E-state index in [0.29, 0.717) is 0 Å². The Labute approximate surface area is 106 Å². The van der Waals surface area contributed by atoms with Gasteiger partial charge in [0.1, 0.15) is 5.60 Å². The third-order valence-electron chi connectivity index (χ3n) is 1.86. The summed E-state index contributed by atoms with van der Waals surface area (Å²) in [6.07, 6.45) is -0.371. The second-order valence-electron chi connectivity index (χ2n) is 4.84. The predicted molar refractivity (Wildman–Crippen MR) is 63.7 cm³/mol. The molecule has 7 heteroatoms. The summed E-state index contributed by atoms with van der Waals surface area (Å²) >= 11 is 0. The van der Waals surface area contributed by atoms with E-state index in [4.69, 9.17) is 15.6 Å². The molecular weight excluding hydrogens is 240 g/mol. The molecule has 1 amide bonds. The van der Waals surface area contributed by atoms with Crippen molar-refractivity contribution < 1.29 is 24.2 Å². The number of carbonyl (C=O) groups excluding carboxylic acids is 2. The van der Waals surface area contributed by atoms with Gasteiger partial charge in [-0.3, -0.25) is 14.4 Å². The number of carboxylic acid groups (broad SMARTS) is 1. The highest BCUT2D eigenvalue weighted by molar-refractivity contribution is 5.84. The van der Waals surface area contributed by atoms with Gasteiger partial charge in [-0.2, -0.15) is 0 Å². The Hall–Kier alpha value is -1.63. The first-order valence-corrected chi connectivity index (χ1v) is 5.58. The molecule has 0 radical (unpaired) electrons. The molecule has 0 saturated carbocycles. The molecule has 0 aliphatic heterocycles. The summed E-state index contributed by atoms with van der Waals surface area (Å²) in [5.74, 6) is -2.32. The van der Waals surface area contributed by atoms with E-state index >= 15 is 0 Å². The van der Waals surface area contributed by atoms with Crippen molar-refractivity contribution in [3.63, 3.8) is 0 Å². The molecule has 0 spiro atoms. The van der Waals surface area contributed by atoms with Crippen LogP contribution < -0.4 is 11.1 Å². The second-order valence-corrected chi connectivity index (χ2v) is 4.84. The van der Waals surface area contributed by atoms with Gasteiger partial charge in [-0.25, -0.2) is 0 Å². The number of rotatable bonds is 7. The van der Waals surface area contributed by atoms with Crippen molar-refractivity contribution in [3.8, 4) is 0 Å². The minimum Gasteiger partial charge on any atom is -0.481 e. The lowest BCUT2D eigenvalue weighted by molar-refractivity contribution is -0.154. The molecule has 18 heavy (non-hydrogen) atoms. The summed E-state index contributed by atoms with van der Waals surface area (Å²) < 4.78 is 5.05. The van der Waals surface area contributed by atoms with E-state index in [1.54, 1.807) is 20.8 Å². The number of carboxylic acids is 1. The van der Waals surface area contributed by atoms with Crippen LogP contribution in [-0.4, -0.2) is 41.1 Å². The first kappa shape index (κ1) is 16.4. The van der Waals surface area contributed by atoms with Crippen LogP contribution in [-0.2, 0) is 19.1 Å². The van der Waals surface area contributed by atoms with Crippen LogP contribution in [0.2, 0.25) is 0 Å². The SMILES string of the molecule is CC(C)(C)OC(=O)CCN[C@@H](CC(=O)O)C(N)=O. The Bertz CT molecular complexity index is 322. The molecule has 0 heterocycles. The summed E-state index contributed by atoms with van der Waals surface area (Å²) in [5.41, 5.74) is 4.45. The largest absolute Gasteiger partial charge is 0.481 e. The van der Waals surface area contributed by atoms with Gasteiger partial charge in [0.15, 0.2) is 0 Å². The van der Waals surface area contributed by atoms with Crippen LogP contribution in [0.1, 0.15) is 33.6 Å². The molecular formula is C11H20N2O5. The molecule has 104 valence electrons. The average Bonchev–Trinajstić information content (AvgIpc) is 2.12. The van der Waals surface area contributed by atoms with E-state index in [9.17, 15) is 14.4 Å². The second kappa shape index (κ2) is 6.95. The maximum absolute atomic E-state index is 11.3. The molecule has 0 unspecified atom stereocenters. The van der Waals surface area contributed by atoms with Gasteiger partial charge in [-0.15, -0.1) is 0 Å². The van der Waals surface area contributed by atoms with Crippen LogP contribution in [0.4, 0.5) is 0 Å². The first-order chi connectivity index (χ1) is 8.11. The van der Waals surface area contributed by atoms with Crippen LogP contribution in [0, 0.1) is 0 Å². The number of ether oxygens (including phenoxy) is 1. The highest BCUT2D eigenvalue weighted by atomic mass is 16.6. The van der Waals surface area contributed by atoms with Gasteiger partial charge >= 0.3 is 11.9 Å². The fourth-order valence-electron chi connectivity index (χ4n) is 1.19. The molecule has 0 aromatic heterocycles. The van der Waals surface area contributed by atoms with Gasteiger partial charge in [0.25, 0.3) is 0 Å². The van der Waals surface area contributed by atoms with Crippen LogP contribution in [0.25, 0.3) is 0 Å². The highest BCUT2D eigenvalue weighted by Crippen LogP contribution is 2.07. The maximum Gasteiger partial charge on any atom is 0.307 e. The topological polar surface area (TPSA) is 119 Å². The number of nitrogens with two attached hydrogens (primary N) is 1. The average molecular weight is 260 g/mol. The number of nitrogens with one attached hydrogen (secondary N) is 1. The van der Waals surface area contributed by atoms with Gasteiger partial charge < -0.3 is 20.9 Å². The van der Waals surface area contributed by atoms with E-state index in [1.807, 2.05) is 0 Å². The molecule has 7 nitrogen and oxygen atoms in total. The Morgan fingerprint density at radius 3 is 2.28 bits per heavy atom. The quantitative estimate of drug-likeness (QED) is 0.538. The molecule has 4 N–H and O–H groups in total. The normalized spacial score (nSPS) is 12.8. The van der Waals surface area contributed by atoms with Gasteiger partial charge in [-0.1, -0.05) is 0 Å². The minimum atomic E-state index is -1.14. The number of carbonyl (C=O) groups is 3. The number of hydrogen-bond acceptors (Lipinski definition) is 5. The van der Waals surface area contributed by atoms with Gasteiger partial charge in [0, 0.05) is 6.54 Å². The molecule has 0 aromatic carbocycles. The molecule has 0 bridgehead atoms. The predicted octanol–water partition coefficient (Wildman–Crippen LogP) is -0.364. The molecule has 0 aromatic rings. The van der Waals surface area contributed by atoms with Gasteiger partial charge in [0.2, 0.25) is 5.91 Å². The molecule has 0 fully saturated rings. The molecule has 1 atom stereocenters. The van der Waals surface area contributed by atoms with Crippen LogP contribution in [0.5, 0.6) is 0 Å². The maximum atomic E-state index is 11.3. The van der Waals surface area contributed by atoms with Crippen molar-refractivity contribution in [3.05, 3.63) is 0 Å². The van der Waals surface area contributed by atoms with Crippen molar-refractivity contribution in [2.24, 2.45) is 5.73 Å². The number of amides is 1. The number of esters is 1. The van der Waals surface area contributed by atoms with E-state index in [-0.39, 0.29) is 13.0 Å². The first-order valence-electron chi connectivity index (χ1n) is 5.58. The Kier molecular flexibility index (Phi) is 6.32. The Morgan fingerprint density at radius 2 is 1.89 bits per heavy atom. The zero-order chi connectivity index (χ0) is 14.3. The molecule has 0 aliphatic carbocycles. The lowest BCUT2D eigenvalue weighted by Gasteiger charge is -2.20. The third-order valence-corrected chi connectivity index (χ3v) is 1.86. The highest BCUT2D eigenvalue weighted by Gasteiger charge is 2.20. The summed E-state index contributed by atoms with van der Waals surface area (Å²) in [6.45, 7) is 5.37. The standard InChI is InChI=1S/C11H20N2O5/c1-11(2,3)18-9(16)4-5-13-7(10(12)17)6-8(14)15/h7,13H,4-6H2,1-3H3,(H2,12,17)(H,14,15)/t7-/m0/s1. The van der Waals surface area contributed by atoms with Crippen LogP contribution in [0.15, 0.2) is 0 Å². The lowest BCUT2D eigenvalue weighted by atomic mass is 10.2. The minimum absolute atomic E-state index is 0.0423. The van der Waals surface area contributed by atoms with E-state index in [1.165, 1.54) is 0 Å². The monoisotopic (exact) mass is 260 g/mol. The molecule has 0 rings (SSSR count). The molecule has 0 saturated heterocycles. The molecule has 0 aliphatic rings. The van der Waals surface area contributed by atoms with Gasteiger partial charge in [0.05, 0.1) is 18.9 Å².